The molecule has 0 spiro atoms. The van der Waals surface area contributed by atoms with E-state index < -0.39 is 0 Å². The first kappa shape index (κ1) is 22.4. The molecule has 2 aromatic carbocycles. The van der Waals surface area contributed by atoms with Crippen LogP contribution in [0.25, 0.3) is 0 Å². The van der Waals surface area contributed by atoms with Crippen LogP contribution in [-0.4, -0.2) is 23.6 Å². The first-order chi connectivity index (χ1) is 16.6. The summed E-state index contributed by atoms with van der Waals surface area (Å²) in [7, 11) is 0. The second kappa shape index (κ2) is 9.85. The molecule has 1 aliphatic heterocycles. The maximum absolute atomic E-state index is 13.1. The first-order valence-electron chi connectivity index (χ1n) is 11.7. The van der Waals surface area contributed by atoms with Gasteiger partial charge in [-0.1, -0.05) is 25.5 Å². The lowest BCUT2D eigenvalue weighted by molar-refractivity contribution is -0.117. The van der Waals surface area contributed by atoms with Gasteiger partial charge >= 0.3 is 0 Å². The van der Waals surface area contributed by atoms with Crippen molar-refractivity contribution in [3.8, 4) is 11.5 Å². The zero-order valence-corrected chi connectivity index (χ0v) is 19.9. The van der Waals surface area contributed by atoms with Gasteiger partial charge in [-0.15, -0.1) is 11.3 Å². The normalized spacial score (nSPS) is 16.1. The van der Waals surface area contributed by atoms with E-state index in [2.05, 4.69) is 34.7 Å². The molecule has 1 aromatic heterocycles. The fraction of sp³-hybridized carbons (Fsp3) is 0.346. The molecule has 3 aromatic rings. The highest BCUT2D eigenvalue weighted by Gasteiger charge is 2.31. The van der Waals surface area contributed by atoms with Gasteiger partial charge in [-0.05, 0) is 68.0 Å². The Morgan fingerprint density at radius 1 is 1.09 bits per heavy atom. The molecule has 0 fully saturated rings. The summed E-state index contributed by atoms with van der Waals surface area (Å²) < 4.78 is 10.7. The number of nitrogens with one attached hydrogen (secondary N) is 2. The van der Waals surface area contributed by atoms with E-state index >= 15 is 0 Å². The highest BCUT2D eigenvalue weighted by atomic mass is 32.1. The summed E-state index contributed by atoms with van der Waals surface area (Å²) in [5.41, 5.74) is 3.31. The third-order valence-corrected chi connectivity index (χ3v) is 7.21. The van der Waals surface area contributed by atoms with E-state index in [-0.39, 0.29) is 24.5 Å². The minimum absolute atomic E-state index is 0.0544. The zero-order chi connectivity index (χ0) is 23.5. The highest BCUT2D eigenvalue weighted by molar-refractivity contribution is 7.16. The molecule has 7 nitrogen and oxygen atoms in total. The number of ether oxygens (including phenoxy) is 2. The lowest BCUT2D eigenvalue weighted by Crippen LogP contribution is -2.24. The lowest BCUT2D eigenvalue weighted by Gasteiger charge is -2.20. The molecule has 0 bridgehead atoms. The van der Waals surface area contributed by atoms with Crippen molar-refractivity contribution in [1.82, 2.24) is 4.98 Å². The van der Waals surface area contributed by atoms with Crippen molar-refractivity contribution in [2.75, 3.05) is 17.4 Å². The van der Waals surface area contributed by atoms with Gasteiger partial charge in [0.05, 0.1) is 11.6 Å². The predicted octanol–water partition coefficient (Wildman–Crippen LogP) is 5.53. The number of rotatable bonds is 7. The Balaban J connectivity index is 1.26. The Morgan fingerprint density at radius 2 is 1.91 bits per heavy atom. The minimum Gasteiger partial charge on any atom is -0.454 e. The Labute approximate surface area is 202 Å². The quantitative estimate of drug-likeness (QED) is 0.467. The average Bonchev–Trinajstić information content (AvgIpc) is 3.49. The maximum atomic E-state index is 13.1. The summed E-state index contributed by atoms with van der Waals surface area (Å²) in [6.45, 7) is 2.34. The number of aryl methyl sites for hydroxylation is 2. The molecule has 176 valence electrons. The number of thiazole rings is 1. The third-order valence-electron chi connectivity index (χ3n) is 6.17. The van der Waals surface area contributed by atoms with Gasteiger partial charge < -0.3 is 14.8 Å². The fourth-order valence-electron chi connectivity index (χ4n) is 4.30. The van der Waals surface area contributed by atoms with E-state index in [1.807, 2.05) is 12.1 Å². The summed E-state index contributed by atoms with van der Waals surface area (Å²) >= 11 is 1.44. The van der Waals surface area contributed by atoms with Crippen molar-refractivity contribution in [2.45, 2.75) is 51.4 Å². The van der Waals surface area contributed by atoms with Crippen molar-refractivity contribution in [1.29, 1.82) is 0 Å². The number of hydrogen-bond donors (Lipinski definition) is 2. The van der Waals surface area contributed by atoms with Crippen LogP contribution in [0.3, 0.4) is 0 Å². The van der Waals surface area contributed by atoms with Crippen LogP contribution < -0.4 is 20.1 Å². The molecule has 5 rings (SSSR count). The van der Waals surface area contributed by atoms with Crippen LogP contribution in [-0.2, 0) is 17.6 Å². The molecule has 2 aliphatic rings. The number of hydrogen-bond acceptors (Lipinski definition) is 6. The van der Waals surface area contributed by atoms with Crippen LogP contribution in [0.15, 0.2) is 42.5 Å². The lowest BCUT2D eigenvalue weighted by atomic mass is 9.90. The van der Waals surface area contributed by atoms with Gasteiger partial charge in [0, 0.05) is 16.1 Å². The number of aromatic nitrogens is 1. The Bertz CT molecular complexity index is 1210. The van der Waals surface area contributed by atoms with E-state index in [4.69, 9.17) is 9.47 Å². The minimum atomic E-state index is -0.323. The van der Waals surface area contributed by atoms with Crippen LogP contribution in [0.5, 0.6) is 11.5 Å². The molecule has 1 atom stereocenters. The van der Waals surface area contributed by atoms with Crippen molar-refractivity contribution in [3.63, 3.8) is 0 Å². The van der Waals surface area contributed by atoms with Crippen LogP contribution in [0.4, 0.5) is 10.8 Å². The van der Waals surface area contributed by atoms with Crippen LogP contribution in [0.1, 0.15) is 65.0 Å². The van der Waals surface area contributed by atoms with Gasteiger partial charge in [0.25, 0.3) is 5.91 Å². The maximum Gasteiger partial charge on any atom is 0.257 e. The predicted molar refractivity (Wildman–Crippen MR) is 132 cm³/mol. The molecule has 0 saturated heterocycles. The van der Waals surface area contributed by atoms with E-state index in [1.165, 1.54) is 16.9 Å². The average molecular weight is 478 g/mol. The van der Waals surface area contributed by atoms with Crippen LogP contribution in [0, 0.1) is 0 Å². The zero-order valence-electron chi connectivity index (χ0n) is 19.1. The molecule has 1 aliphatic carbocycles. The van der Waals surface area contributed by atoms with Crippen molar-refractivity contribution in [2.24, 2.45) is 0 Å². The number of carbonyl (C=O) groups excluding carboxylic acids is 2. The number of amides is 2. The second-order valence-corrected chi connectivity index (χ2v) is 9.67. The molecular weight excluding hydrogens is 450 g/mol. The van der Waals surface area contributed by atoms with Crippen LogP contribution >= 0.6 is 11.3 Å². The largest absolute Gasteiger partial charge is 0.454 e. The smallest absolute Gasteiger partial charge is 0.257 e. The van der Waals surface area contributed by atoms with E-state index in [9.17, 15) is 9.59 Å². The molecule has 0 saturated carbocycles. The molecule has 2 amide bonds. The van der Waals surface area contributed by atoms with Gasteiger partial charge in [0.2, 0.25) is 12.7 Å². The fourth-order valence-corrected chi connectivity index (χ4v) is 5.36. The Kier molecular flexibility index (Phi) is 6.49. The molecule has 2 N–H and O–H groups in total. The molecule has 0 radical (unpaired) electrons. The molecule has 34 heavy (non-hydrogen) atoms. The Hall–Kier alpha value is -3.39. The summed E-state index contributed by atoms with van der Waals surface area (Å²) in [4.78, 5) is 31.6. The van der Waals surface area contributed by atoms with Crippen molar-refractivity contribution < 1.29 is 19.1 Å². The van der Waals surface area contributed by atoms with Crippen LogP contribution in [0.2, 0.25) is 0 Å². The van der Waals surface area contributed by atoms with Crippen molar-refractivity contribution in [3.05, 3.63) is 64.2 Å². The van der Waals surface area contributed by atoms with E-state index in [0.717, 1.165) is 54.8 Å². The van der Waals surface area contributed by atoms with E-state index in [0.29, 0.717) is 22.2 Å². The first-order valence-corrected chi connectivity index (χ1v) is 12.5. The number of fused-ring (bicyclic) bond motifs is 2. The number of carbonyl (C=O) groups is 2. The molecule has 1 unspecified atom stereocenters. The van der Waals surface area contributed by atoms with Crippen molar-refractivity contribution >= 4 is 34.0 Å². The highest BCUT2D eigenvalue weighted by Crippen LogP contribution is 2.38. The topological polar surface area (TPSA) is 89.6 Å². The number of unbranched alkanes of at least 4 members (excludes halogenated alkanes) is 1. The van der Waals surface area contributed by atoms with Gasteiger partial charge in [0.15, 0.2) is 16.6 Å². The third kappa shape index (κ3) is 4.77. The SMILES string of the molecule is CCCCc1ccc(NC(=O)C2CCCc3sc(NC(=O)c4ccc5c(c4)OCO5)nc32)cc1. The number of benzene rings is 2. The summed E-state index contributed by atoms with van der Waals surface area (Å²) in [6.07, 6.45) is 5.90. The van der Waals surface area contributed by atoms with Gasteiger partial charge in [0.1, 0.15) is 0 Å². The summed E-state index contributed by atoms with van der Waals surface area (Å²) in [5.74, 6) is 0.540. The monoisotopic (exact) mass is 477 g/mol. The number of nitrogens with zero attached hydrogens (tertiary/aromatic N) is 1. The van der Waals surface area contributed by atoms with Gasteiger partial charge in [-0.3, -0.25) is 14.9 Å². The Morgan fingerprint density at radius 3 is 2.74 bits per heavy atom. The van der Waals surface area contributed by atoms with Gasteiger partial charge in [-0.2, -0.15) is 0 Å². The van der Waals surface area contributed by atoms with E-state index in [1.54, 1.807) is 18.2 Å². The molecular formula is C26H27N3O4S. The molecule has 8 heteroatoms. The summed E-state index contributed by atoms with van der Waals surface area (Å²) in [5, 5.41) is 6.43. The second-order valence-electron chi connectivity index (χ2n) is 8.58. The van der Waals surface area contributed by atoms with Gasteiger partial charge in [-0.25, -0.2) is 4.98 Å². The standard InChI is InChI=1S/C26H27N3O4S/c1-2-3-5-16-8-11-18(12-9-16)27-25(31)19-6-4-7-22-23(19)28-26(34-22)29-24(30)17-10-13-20-21(14-17)33-15-32-20/h8-14,19H,2-7,15H2,1H3,(H,27,31)(H,28,29,30). The molecule has 2 heterocycles. The summed E-state index contributed by atoms with van der Waals surface area (Å²) in [6, 6.07) is 13.2. The number of anilines is 2.